The van der Waals surface area contributed by atoms with Crippen molar-refractivity contribution in [2.45, 2.75) is 32.2 Å². The number of carboxylic acid groups (broad SMARTS) is 1. The maximum atomic E-state index is 12.0. The number of carbonyl (C=O) groups excluding carboxylic acids is 2. The van der Waals surface area contributed by atoms with Crippen molar-refractivity contribution in [2.24, 2.45) is 5.73 Å². The van der Waals surface area contributed by atoms with Gasteiger partial charge >= 0.3 is 5.97 Å². The number of carboxylic acids is 1. The van der Waals surface area contributed by atoms with Crippen molar-refractivity contribution in [1.29, 1.82) is 0 Å². The van der Waals surface area contributed by atoms with E-state index < -0.39 is 23.8 Å². The summed E-state index contributed by atoms with van der Waals surface area (Å²) in [6.45, 7) is 1.91. The molecule has 2 aromatic rings. The number of aromatic nitrogens is 2. The summed E-state index contributed by atoms with van der Waals surface area (Å²) >= 11 is 0. The van der Waals surface area contributed by atoms with Crippen LogP contribution in [-0.4, -0.2) is 38.3 Å². The Bertz CT molecular complexity index is 753. The number of nitrogens with one attached hydrogen (secondary N) is 1. The second-order valence-electron chi connectivity index (χ2n) is 5.29. The molecule has 2 aromatic heterocycles. The van der Waals surface area contributed by atoms with E-state index in [1.807, 2.05) is 25.3 Å². The van der Waals surface area contributed by atoms with Crippen LogP contribution < -0.4 is 11.1 Å². The molecule has 2 amide bonds. The first-order valence-electron chi connectivity index (χ1n) is 7.10. The highest BCUT2D eigenvalue weighted by molar-refractivity contribution is 5.85. The third-order valence-electron chi connectivity index (χ3n) is 3.38. The smallest absolute Gasteiger partial charge is 0.326 e. The Morgan fingerprint density at radius 3 is 2.78 bits per heavy atom. The predicted molar refractivity (Wildman–Crippen MR) is 81.6 cm³/mol. The monoisotopic (exact) mass is 318 g/mol. The van der Waals surface area contributed by atoms with Crippen LogP contribution in [0.15, 0.2) is 24.5 Å². The summed E-state index contributed by atoms with van der Waals surface area (Å²) in [5.41, 5.74) is 7.26. The zero-order valence-electron chi connectivity index (χ0n) is 12.7. The lowest BCUT2D eigenvalue weighted by Gasteiger charge is -2.13. The Balaban J connectivity index is 2.03. The van der Waals surface area contributed by atoms with Crippen LogP contribution in [0.25, 0.3) is 5.65 Å². The Hall–Kier alpha value is -2.90. The SMILES string of the molecule is Cc1cccn2cc(CC(=O)NC(CCC(N)=O)C(=O)O)nc12. The normalized spacial score (nSPS) is 12.0. The summed E-state index contributed by atoms with van der Waals surface area (Å²) in [5.74, 6) is -2.28. The molecule has 1 atom stereocenters. The van der Waals surface area contributed by atoms with E-state index in [0.29, 0.717) is 5.69 Å². The third-order valence-corrected chi connectivity index (χ3v) is 3.38. The highest BCUT2D eigenvalue weighted by Crippen LogP contribution is 2.10. The van der Waals surface area contributed by atoms with Gasteiger partial charge in [-0.3, -0.25) is 9.59 Å². The Morgan fingerprint density at radius 2 is 2.17 bits per heavy atom. The number of carbonyl (C=O) groups is 3. The average Bonchev–Trinajstić information content (AvgIpc) is 2.86. The zero-order valence-corrected chi connectivity index (χ0v) is 12.7. The number of fused-ring (bicyclic) bond motifs is 1. The standard InChI is InChI=1S/C15H18N4O4/c1-9-3-2-6-19-8-10(17-14(9)19)7-13(21)18-11(15(22)23)4-5-12(16)20/h2-3,6,8,11H,4-5,7H2,1H3,(H2,16,20)(H,18,21)(H,22,23). The van der Waals surface area contributed by atoms with Crippen LogP contribution in [0, 0.1) is 6.92 Å². The van der Waals surface area contributed by atoms with E-state index in [9.17, 15) is 14.4 Å². The minimum Gasteiger partial charge on any atom is -0.480 e. The first-order chi connectivity index (χ1) is 10.9. The van der Waals surface area contributed by atoms with Crippen LogP contribution in [-0.2, 0) is 20.8 Å². The number of rotatable bonds is 7. The first kappa shape index (κ1) is 16.5. The Labute approximate surface area is 132 Å². The molecule has 0 aliphatic heterocycles. The van der Waals surface area contributed by atoms with Gasteiger partial charge in [0.25, 0.3) is 0 Å². The molecule has 0 saturated heterocycles. The summed E-state index contributed by atoms with van der Waals surface area (Å²) in [6.07, 6.45) is 3.36. The molecule has 0 aromatic carbocycles. The number of imidazole rings is 1. The predicted octanol–water partition coefficient (Wildman–Crippen LogP) is 0.0201. The molecule has 23 heavy (non-hydrogen) atoms. The van der Waals surface area contributed by atoms with Crippen molar-refractivity contribution < 1.29 is 19.5 Å². The van der Waals surface area contributed by atoms with E-state index in [0.717, 1.165) is 11.2 Å². The number of pyridine rings is 1. The summed E-state index contributed by atoms with van der Waals surface area (Å²) in [5, 5.41) is 11.4. The van der Waals surface area contributed by atoms with E-state index in [2.05, 4.69) is 10.3 Å². The summed E-state index contributed by atoms with van der Waals surface area (Å²) in [6, 6.07) is 2.64. The molecule has 0 fully saturated rings. The van der Waals surface area contributed by atoms with Gasteiger partial charge in [0.2, 0.25) is 11.8 Å². The maximum absolute atomic E-state index is 12.0. The van der Waals surface area contributed by atoms with Crippen molar-refractivity contribution in [3.05, 3.63) is 35.8 Å². The topological polar surface area (TPSA) is 127 Å². The van der Waals surface area contributed by atoms with E-state index in [1.165, 1.54) is 0 Å². The molecule has 2 heterocycles. The number of aryl methyl sites for hydroxylation is 1. The number of hydrogen-bond acceptors (Lipinski definition) is 4. The van der Waals surface area contributed by atoms with E-state index in [4.69, 9.17) is 10.8 Å². The Kier molecular flexibility index (Phi) is 4.95. The molecular weight excluding hydrogens is 300 g/mol. The lowest BCUT2D eigenvalue weighted by molar-refractivity contribution is -0.142. The minimum absolute atomic E-state index is 0.0402. The molecular formula is C15H18N4O4. The highest BCUT2D eigenvalue weighted by atomic mass is 16.4. The van der Waals surface area contributed by atoms with Gasteiger partial charge in [-0.1, -0.05) is 6.07 Å². The van der Waals surface area contributed by atoms with Crippen molar-refractivity contribution >= 4 is 23.4 Å². The Morgan fingerprint density at radius 1 is 1.43 bits per heavy atom. The van der Waals surface area contributed by atoms with Crippen LogP contribution in [0.1, 0.15) is 24.1 Å². The molecule has 0 bridgehead atoms. The quantitative estimate of drug-likeness (QED) is 0.663. The molecule has 8 nitrogen and oxygen atoms in total. The van der Waals surface area contributed by atoms with Gasteiger partial charge in [-0.25, -0.2) is 9.78 Å². The van der Waals surface area contributed by atoms with Crippen LogP contribution in [0.5, 0.6) is 0 Å². The van der Waals surface area contributed by atoms with Gasteiger partial charge in [-0.2, -0.15) is 0 Å². The number of hydrogen-bond donors (Lipinski definition) is 3. The van der Waals surface area contributed by atoms with Crippen molar-refractivity contribution in [1.82, 2.24) is 14.7 Å². The summed E-state index contributed by atoms with van der Waals surface area (Å²) in [7, 11) is 0. The molecule has 2 rings (SSSR count). The lowest BCUT2D eigenvalue weighted by atomic mass is 10.1. The first-order valence-corrected chi connectivity index (χ1v) is 7.10. The highest BCUT2D eigenvalue weighted by Gasteiger charge is 2.21. The van der Waals surface area contributed by atoms with Crippen LogP contribution in [0.2, 0.25) is 0 Å². The largest absolute Gasteiger partial charge is 0.480 e. The average molecular weight is 318 g/mol. The fourth-order valence-electron chi connectivity index (χ4n) is 2.24. The van der Waals surface area contributed by atoms with Gasteiger partial charge < -0.3 is 20.6 Å². The molecule has 8 heteroatoms. The second-order valence-corrected chi connectivity index (χ2v) is 5.29. The third kappa shape index (κ3) is 4.29. The number of aliphatic carboxylic acids is 1. The molecule has 122 valence electrons. The zero-order chi connectivity index (χ0) is 17.0. The van der Waals surface area contributed by atoms with Crippen molar-refractivity contribution in [2.75, 3.05) is 0 Å². The second kappa shape index (κ2) is 6.91. The maximum Gasteiger partial charge on any atom is 0.326 e. The summed E-state index contributed by atoms with van der Waals surface area (Å²) in [4.78, 5) is 38.2. The number of nitrogens with zero attached hydrogens (tertiary/aromatic N) is 2. The molecule has 0 aliphatic carbocycles. The number of primary amides is 1. The van der Waals surface area contributed by atoms with Gasteiger partial charge in [0.1, 0.15) is 11.7 Å². The van der Waals surface area contributed by atoms with Crippen LogP contribution >= 0.6 is 0 Å². The number of amides is 2. The molecule has 4 N–H and O–H groups in total. The van der Waals surface area contributed by atoms with Gasteiger partial charge in [-0.05, 0) is 25.0 Å². The molecule has 0 saturated carbocycles. The molecule has 0 radical (unpaired) electrons. The van der Waals surface area contributed by atoms with Crippen molar-refractivity contribution in [3.63, 3.8) is 0 Å². The summed E-state index contributed by atoms with van der Waals surface area (Å²) < 4.78 is 1.81. The minimum atomic E-state index is -1.20. The van der Waals surface area contributed by atoms with Gasteiger partial charge in [0.05, 0.1) is 12.1 Å². The molecule has 1 unspecified atom stereocenters. The fraction of sp³-hybridized carbons (Fsp3) is 0.333. The van der Waals surface area contributed by atoms with E-state index >= 15 is 0 Å². The van der Waals surface area contributed by atoms with E-state index in [-0.39, 0.29) is 19.3 Å². The fourth-order valence-corrected chi connectivity index (χ4v) is 2.24. The van der Waals surface area contributed by atoms with Gasteiger partial charge in [0, 0.05) is 18.8 Å². The number of nitrogens with two attached hydrogens (primary N) is 1. The van der Waals surface area contributed by atoms with E-state index in [1.54, 1.807) is 10.6 Å². The lowest BCUT2D eigenvalue weighted by Crippen LogP contribution is -2.42. The van der Waals surface area contributed by atoms with Gasteiger partial charge in [-0.15, -0.1) is 0 Å². The van der Waals surface area contributed by atoms with Crippen LogP contribution in [0.4, 0.5) is 0 Å². The molecule has 0 aliphatic rings. The molecule has 0 spiro atoms. The van der Waals surface area contributed by atoms with Crippen LogP contribution in [0.3, 0.4) is 0 Å². The van der Waals surface area contributed by atoms with Crippen molar-refractivity contribution in [3.8, 4) is 0 Å². The van der Waals surface area contributed by atoms with Gasteiger partial charge in [0.15, 0.2) is 0 Å².